The van der Waals surface area contributed by atoms with E-state index in [-0.39, 0.29) is 29.3 Å². The lowest BCUT2D eigenvalue weighted by Crippen LogP contribution is -2.53. The summed E-state index contributed by atoms with van der Waals surface area (Å²) in [5.74, 6) is -1.65. The zero-order valence-corrected chi connectivity index (χ0v) is 19.9. The van der Waals surface area contributed by atoms with Gasteiger partial charge < -0.3 is 21.1 Å². The molecule has 7 nitrogen and oxygen atoms in total. The fourth-order valence-corrected chi connectivity index (χ4v) is 5.46. The van der Waals surface area contributed by atoms with Gasteiger partial charge in [-0.3, -0.25) is 9.59 Å². The van der Waals surface area contributed by atoms with Crippen molar-refractivity contribution in [3.05, 3.63) is 101 Å². The fraction of sp³-hybridized carbons (Fsp3) is 0.276. The summed E-state index contributed by atoms with van der Waals surface area (Å²) >= 11 is 0. The monoisotopic (exact) mass is 483 g/mol. The highest BCUT2D eigenvalue weighted by atomic mass is 16.4. The Labute approximate surface area is 209 Å². The molecule has 1 heterocycles. The lowest BCUT2D eigenvalue weighted by Gasteiger charge is -2.40. The number of aromatic carboxylic acids is 1. The van der Waals surface area contributed by atoms with Crippen molar-refractivity contribution in [3.63, 3.8) is 0 Å². The van der Waals surface area contributed by atoms with Crippen molar-refractivity contribution >= 4 is 23.5 Å². The topological polar surface area (TPSA) is 113 Å². The summed E-state index contributed by atoms with van der Waals surface area (Å²) in [6.07, 6.45) is 3.29. The van der Waals surface area contributed by atoms with Gasteiger partial charge in [0.1, 0.15) is 6.04 Å². The molecule has 2 aliphatic rings. The first-order valence-electron chi connectivity index (χ1n) is 12.3. The quantitative estimate of drug-likeness (QED) is 0.499. The number of hydrogen-bond donors (Lipinski definition) is 3. The van der Waals surface area contributed by atoms with E-state index in [1.165, 1.54) is 12.1 Å². The molecule has 1 aliphatic carbocycles. The highest BCUT2D eigenvalue weighted by Gasteiger charge is 2.40. The summed E-state index contributed by atoms with van der Waals surface area (Å²) in [4.78, 5) is 40.4. The Morgan fingerprint density at radius 3 is 2.36 bits per heavy atom. The Bertz CT molecular complexity index is 1290. The van der Waals surface area contributed by atoms with E-state index in [2.05, 4.69) is 5.32 Å². The van der Waals surface area contributed by atoms with Crippen LogP contribution in [0.1, 0.15) is 68.6 Å². The molecule has 1 saturated heterocycles. The van der Waals surface area contributed by atoms with Gasteiger partial charge in [0, 0.05) is 29.8 Å². The smallest absolute Gasteiger partial charge is 0.335 e. The van der Waals surface area contributed by atoms with Crippen molar-refractivity contribution in [1.82, 2.24) is 4.90 Å². The van der Waals surface area contributed by atoms with Gasteiger partial charge in [-0.05, 0) is 78.8 Å². The third-order valence-electron chi connectivity index (χ3n) is 7.30. The molecule has 3 aromatic rings. The maximum Gasteiger partial charge on any atom is 0.335 e. The van der Waals surface area contributed by atoms with Gasteiger partial charge in [0.15, 0.2) is 0 Å². The van der Waals surface area contributed by atoms with E-state index in [1.54, 1.807) is 17.0 Å². The standard InChI is InChI=1S/C29H29N3O4/c30-25-15-11-20-17-21(10-14-23(20)25)28(34)32-16-4-7-24(18-5-2-1-3-6-18)26(32)27(33)31-22-12-8-19(9-13-22)29(35)36/h1-3,5-6,8-10,12-14,17,24-26H,4,7,11,15-16,30H2,(H,31,33)(H,35,36). The van der Waals surface area contributed by atoms with Crippen LogP contribution in [0.15, 0.2) is 72.8 Å². The number of benzene rings is 3. The summed E-state index contributed by atoms with van der Waals surface area (Å²) in [5.41, 5.74) is 10.6. The molecular weight excluding hydrogens is 454 g/mol. The molecule has 36 heavy (non-hydrogen) atoms. The fourth-order valence-electron chi connectivity index (χ4n) is 5.46. The number of hydrogen-bond acceptors (Lipinski definition) is 4. The maximum atomic E-state index is 13.8. The third-order valence-corrected chi connectivity index (χ3v) is 7.30. The molecule has 2 amide bonds. The minimum Gasteiger partial charge on any atom is -0.478 e. The summed E-state index contributed by atoms with van der Waals surface area (Å²) in [6.45, 7) is 0.481. The highest BCUT2D eigenvalue weighted by Crippen LogP contribution is 2.35. The number of carboxylic acids is 1. The van der Waals surface area contributed by atoms with Gasteiger partial charge >= 0.3 is 5.97 Å². The molecular formula is C29H29N3O4. The van der Waals surface area contributed by atoms with E-state index in [1.807, 2.05) is 48.5 Å². The summed E-state index contributed by atoms with van der Waals surface area (Å²) in [7, 11) is 0. The van der Waals surface area contributed by atoms with Gasteiger partial charge in [0.2, 0.25) is 5.91 Å². The number of nitrogens with two attached hydrogens (primary N) is 1. The van der Waals surface area contributed by atoms with Crippen LogP contribution in [0.2, 0.25) is 0 Å². The van der Waals surface area contributed by atoms with Crippen LogP contribution < -0.4 is 11.1 Å². The molecule has 0 saturated carbocycles. The van der Waals surface area contributed by atoms with E-state index >= 15 is 0 Å². The molecule has 3 atom stereocenters. The summed E-state index contributed by atoms with van der Waals surface area (Å²) < 4.78 is 0. The number of anilines is 1. The zero-order valence-electron chi connectivity index (χ0n) is 19.9. The van der Waals surface area contributed by atoms with Crippen LogP contribution in [-0.4, -0.2) is 40.4 Å². The van der Waals surface area contributed by atoms with E-state index < -0.39 is 12.0 Å². The molecule has 5 rings (SSSR count). The first-order chi connectivity index (χ1) is 17.4. The van der Waals surface area contributed by atoms with Gasteiger partial charge in [0.25, 0.3) is 5.91 Å². The SMILES string of the molecule is NC1CCc2cc(C(=O)N3CCCC(c4ccccc4)C3C(=O)Nc3ccc(C(=O)O)cc3)ccc21. The molecule has 0 spiro atoms. The molecule has 0 aromatic heterocycles. The first kappa shape index (κ1) is 23.8. The van der Waals surface area contributed by atoms with E-state index in [0.29, 0.717) is 17.8 Å². The summed E-state index contributed by atoms with van der Waals surface area (Å²) in [5, 5.41) is 12.1. The molecule has 3 aromatic carbocycles. The number of nitrogens with zero attached hydrogens (tertiary/aromatic N) is 1. The molecule has 0 bridgehead atoms. The maximum absolute atomic E-state index is 13.8. The lowest BCUT2D eigenvalue weighted by atomic mass is 9.82. The first-order valence-corrected chi connectivity index (χ1v) is 12.3. The number of carbonyl (C=O) groups is 3. The second kappa shape index (κ2) is 9.95. The minimum atomic E-state index is -1.03. The molecule has 3 unspecified atom stereocenters. The van der Waals surface area contributed by atoms with Gasteiger partial charge in [-0.1, -0.05) is 36.4 Å². The van der Waals surface area contributed by atoms with Crippen molar-refractivity contribution in [2.45, 2.75) is 43.7 Å². The Kier molecular flexibility index (Phi) is 6.57. The van der Waals surface area contributed by atoms with Gasteiger partial charge in [-0.15, -0.1) is 0 Å². The number of carboxylic acid groups (broad SMARTS) is 1. The highest BCUT2D eigenvalue weighted by molar-refractivity contribution is 6.02. The Hall–Kier alpha value is -3.97. The van der Waals surface area contributed by atoms with Crippen LogP contribution in [0.4, 0.5) is 5.69 Å². The molecule has 184 valence electrons. The van der Waals surface area contributed by atoms with Crippen molar-refractivity contribution in [2.75, 3.05) is 11.9 Å². The Morgan fingerprint density at radius 1 is 0.917 bits per heavy atom. The average molecular weight is 484 g/mol. The minimum absolute atomic E-state index is 0.00708. The predicted octanol–water partition coefficient (Wildman–Crippen LogP) is 4.36. The normalized spacial score (nSPS) is 21.0. The third kappa shape index (κ3) is 4.62. The van der Waals surface area contributed by atoms with Crippen LogP contribution in [0.25, 0.3) is 0 Å². The lowest BCUT2D eigenvalue weighted by molar-refractivity contribution is -0.122. The zero-order chi connectivity index (χ0) is 25.2. The van der Waals surface area contributed by atoms with Crippen molar-refractivity contribution in [3.8, 4) is 0 Å². The Balaban J connectivity index is 1.46. The number of piperidine rings is 1. The number of fused-ring (bicyclic) bond motifs is 1. The summed E-state index contributed by atoms with van der Waals surface area (Å²) in [6, 6.07) is 20.8. The van der Waals surface area contributed by atoms with Crippen LogP contribution in [0, 0.1) is 0 Å². The average Bonchev–Trinajstić information content (AvgIpc) is 3.28. The number of rotatable bonds is 5. The molecule has 0 radical (unpaired) electrons. The predicted molar refractivity (Wildman–Crippen MR) is 137 cm³/mol. The number of likely N-dealkylation sites (tertiary alicyclic amines) is 1. The molecule has 7 heteroatoms. The molecule has 1 fully saturated rings. The molecule has 4 N–H and O–H groups in total. The van der Waals surface area contributed by atoms with Crippen LogP contribution in [-0.2, 0) is 11.2 Å². The number of amides is 2. The van der Waals surface area contributed by atoms with E-state index in [9.17, 15) is 14.4 Å². The van der Waals surface area contributed by atoms with Crippen molar-refractivity contribution in [1.29, 1.82) is 0 Å². The Morgan fingerprint density at radius 2 is 1.64 bits per heavy atom. The second-order valence-corrected chi connectivity index (χ2v) is 9.53. The van der Waals surface area contributed by atoms with Crippen molar-refractivity contribution in [2.24, 2.45) is 5.73 Å². The second-order valence-electron chi connectivity index (χ2n) is 9.53. The van der Waals surface area contributed by atoms with Crippen LogP contribution >= 0.6 is 0 Å². The molecule has 1 aliphatic heterocycles. The van der Waals surface area contributed by atoms with Gasteiger partial charge in [-0.2, -0.15) is 0 Å². The van der Waals surface area contributed by atoms with Crippen LogP contribution in [0.5, 0.6) is 0 Å². The number of carbonyl (C=O) groups excluding carboxylic acids is 2. The number of aryl methyl sites for hydroxylation is 1. The van der Waals surface area contributed by atoms with Crippen LogP contribution in [0.3, 0.4) is 0 Å². The van der Waals surface area contributed by atoms with Gasteiger partial charge in [-0.25, -0.2) is 4.79 Å². The largest absolute Gasteiger partial charge is 0.478 e. The van der Waals surface area contributed by atoms with E-state index in [0.717, 1.165) is 42.4 Å². The van der Waals surface area contributed by atoms with E-state index in [4.69, 9.17) is 10.8 Å². The van der Waals surface area contributed by atoms with Gasteiger partial charge in [0.05, 0.1) is 5.56 Å². The van der Waals surface area contributed by atoms with Crippen molar-refractivity contribution < 1.29 is 19.5 Å². The number of nitrogens with one attached hydrogen (secondary N) is 1.